The van der Waals surface area contributed by atoms with Crippen molar-refractivity contribution in [3.05, 3.63) is 58.7 Å². The number of likely N-dealkylation sites (N-methyl/N-ethyl adjacent to an activating group) is 1. The summed E-state index contributed by atoms with van der Waals surface area (Å²) in [5.74, 6) is 0.708. The summed E-state index contributed by atoms with van der Waals surface area (Å²) in [5.41, 5.74) is 3.65. The lowest BCUT2D eigenvalue weighted by atomic mass is 9.74. The predicted octanol–water partition coefficient (Wildman–Crippen LogP) is 3.75. The Hall–Kier alpha value is -2.86. The summed E-state index contributed by atoms with van der Waals surface area (Å²) in [7, 11) is 3.77. The summed E-state index contributed by atoms with van der Waals surface area (Å²) in [6, 6.07) is 11.6. The van der Waals surface area contributed by atoms with Gasteiger partial charge in [0.05, 0.1) is 25.3 Å². The summed E-state index contributed by atoms with van der Waals surface area (Å²) < 4.78 is 11.4. The lowest BCUT2D eigenvalue weighted by Gasteiger charge is -2.45. The number of likely N-dealkylation sites (tertiary alicyclic amines) is 1. The molecule has 1 N–H and O–H groups in total. The van der Waals surface area contributed by atoms with Crippen LogP contribution in [0.4, 0.5) is 0 Å². The Labute approximate surface area is 170 Å². The number of carbonyl (C=O) groups is 1. The molecule has 0 saturated carbocycles. The first-order valence-corrected chi connectivity index (χ1v) is 9.95. The highest BCUT2D eigenvalue weighted by molar-refractivity contribution is 5.87. The molecule has 3 atom stereocenters. The van der Waals surface area contributed by atoms with Crippen molar-refractivity contribution in [1.29, 1.82) is 0 Å². The fourth-order valence-electron chi connectivity index (χ4n) is 4.56. The van der Waals surface area contributed by atoms with Crippen molar-refractivity contribution in [2.24, 2.45) is 4.99 Å². The van der Waals surface area contributed by atoms with Gasteiger partial charge in [0.25, 0.3) is 0 Å². The zero-order valence-electron chi connectivity index (χ0n) is 17.0. The molecule has 0 bridgehead atoms. The van der Waals surface area contributed by atoms with Gasteiger partial charge in [-0.2, -0.15) is 0 Å². The van der Waals surface area contributed by atoms with E-state index in [1.165, 1.54) is 5.56 Å². The van der Waals surface area contributed by atoms with E-state index in [9.17, 15) is 9.90 Å². The van der Waals surface area contributed by atoms with E-state index in [4.69, 9.17) is 14.5 Å². The minimum absolute atomic E-state index is 0.107. The second-order valence-corrected chi connectivity index (χ2v) is 7.58. The van der Waals surface area contributed by atoms with Gasteiger partial charge in [-0.3, -0.25) is 9.89 Å². The Morgan fingerprint density at radius 3 is 2.66 bits per heavy atom. The zero-order valence-corrected chi connectivity index (χ0v) is 17.0. The molecule has 2 aromatic rings. The van der Waals surface area contributed by atoms with Crippen LogP contribution >= 0.6 is 0 Å². The average Bonchev–Trinajstić information content (AvgIpc) is 2.73. The fourth-order valence-corrected chi connectivity index (χ4v) is 4.56. The number of aromatic carboxylic acids is 1. The largest absolute Gasteiger partial charge is 0.493 e. The molecule has 2 aliphatic rings. The third-order valence-electron chi connectivity index (χ3n) is 5.94. The molecule has 29 heavy (non-hydrogen) atoms. The summed E-state index contributed by atoms with van der Waals surface area (Å²) in [6.45, 7) is 3.47. The molecule has 0 spiro atoms. The molecule has 1 fully saturated rings. The van der Waals surface area contributed by atoms with Crippen molar-refractivity contribution in [1.82, 2.24) is 4.90 Å². The topological polar surface area (TPSA) is 71.4 Å². The number of nitrogens with zero attached hydrogens (tertiary/aromatic N) is 2. The number of hydrogen-bond acceptors (Lipinski definition) is 5. The van der Waals surface area contributed by atoms with Crippen LogP contribution in [0, 0.1) is 0 Å². The van der Waals surface area contributed by atoms with E-state index >= 15 is 0 Å². The highest BCUT2D eigenvalue weighted by Crippen LogP contribution is 2.48. The first kappa shape index (κ1) is 19.5. The molecule has 1 unspecified atom stereocenters. The number of carboxylic acid groups (broad SMARTS) is 1. The number of aliphatic imine (C=N–C) groups is 1. The van der Waals surface area contributed by atoms with E-state index in [0.29, 0.717) is 17.9 Å². The Morgan fingerprint density at radius 1 is 1.24 bits per heavy atom. The van der Waals surface area contributed by atoms with Crippen molar-refractivity contribution < 1.29 is 19.4 Å². The van der Waals surface area contributed by atoms with Crippen LogP contribution in [0.1, 0.15) is 52.4 Å². The third kappa shape index (κ3) is 3.49. The highest BCUT2D eigenvalue weighted by Gasteiger charge is 2.41. The second-order valence-electron chi connectivity index (χ2n) is 7.58. The molecular formula is C23H26N2O4. The van der Waals surface area contributed by atoms with E-state index in [0.717, 1.165) is 29.8 Å². The van der Waals surface area contributed by atoms with Gasteiger partial charge in [0, 0.05) is 24.7 Å². The van der Waals surface area contributed by atoms with Crippen LogP contribution in [0.25, 0.3) is 0 Å². The minimum atomic E-state index is -0.910. The SMILES string of the molecule is CCOc1cc2c(cc1OC)C=N[C@@H]1CCN(C)C(c3ccc(C(=O)O)cc3)[C@H]21. The molecule has 2 heterocycles. The molecule has 0 radical (unpaired) electrons. The average molecular weight is 394 g/mol. The molecular weight excluding hydrogens is 368 g/mol. The first-order valence-electron chi connectivity index (χ1n) is 9.95. The predicted molar refractivity (Wildman–Crippen MR) is 112 cm³/mol. The van der Waals surface area contributed by atoms with Crippen LogP contribution in [0.15, 0.2) is 41.4 Å². The molecule has 0 aromatic heterocycles. The number of hydrogen-bond donors (Lipinski definition) is 1. The van der Waals surface area contributed by atoms with Gasteiger partial charge >= 0.3 is 5.97 Å². The van der Waals surface area contributed by atoms with Gasteiger partial charge in [-0.1, -0.05) is 12.1 Å². The van der Waals surface area contributed by atoms with Gasteiger partial charge in [0.15, 0.2) is 11.5 Å². The monoisotopic (exact) mass is 394 g/mol. The molecule has 152 valence electrons. The summed E-state index contributed by atoms with van der Waals surface area (Å²) in [6.07, 6.45) is 2.93. The summed E-state index contributed by atoms with van der Waals surface area (Å²) in [4.78, 5) is 18.4. The number of benzene rings is 2. The van der Waals surface area contributed by atoms with Crippen molar-refractivity contribution in [3.63, 3.8) is 0 Å². The maximum absolute atomic E-state index is 11.2. The van der Waals surface area contributed by atoms with Crippen molar-refractivity contribution in [3.8, 4) is 11.5 Å². The maximum Gasteiger partial charge on any atom is 0.335 e. The van der Waals surface area contributed by atoms with Crippen LogP contribution < -0.4 is 9.47 Å². The van der Waals surface area contributed by atoms with Gasteiger partial charge in [0.2, 0.25) is 0 Å². The molecule has 1 saturated heterocycles. The summed E-state index contributed by atoms with van der Waals surface area (Å²) >= 11 is 0. The molecule has 2 aromatic carbocycles. The normalized spacial score (nSPS) is 23.2. The van der Waals surface area contributed by atoms with Crippen LogP contribution in [0.3, 0.4) is 0 Å². The van der Waals surface area contributed by atoms with Crippen molar-refractivity contribution >= 4 is 12.2 Å². The van der Waals surface area contributed by atoms with E-state index in [2.05, 4.69) is 18.0 Å². The van der Waals surface area contributed by atoms with Gasteiger partial charge in [-0.05, 0) is 61.3 Å². The number of fused-ring (bicyclic) bond motifs is 3. The number of methoxy groups -OCH3 is 1. The lowest BCUT2D eigenvalue weighted by molar-refractivity contribution is 0.0696. The number of ether oxygens (including phenoxy) is 2. The Balaban J connectivity index is 1.80. The van der Waals surface area contributed by atoms with Crippen LogP contribution in [-0.2, 0) is 0 Å². The minimum Gasteiger partial charge on any atom is -0.493 e. The smallest absolute Gasteiger partial charge is 0.335 e. The van der Waals surface area contributed by atoms with E-state index in [1.807, 2.05) is 31.3 Å². The van der Waals surface area contributed by atoms with Gasteiger partial charge in [0.1, 0.15) is 0 Å². The molecule has 6 heteroatoms. The Bertz CT molecular complexity index is 939. The van der Waals surface area contributed by atoms with Gasteiger partial charge in [-0.25, -0.2) is 4.79 Å². The van der Waals surface area contributed by atoms with E-state index < -0.39 is 5.97 Å². The second kappa shape index (κ2) is 7.87. The summed E-state index contributed by atoms with van der Waals surface area (Å²) in [5, 5.41) is 9.23. The third-order valence-corrected chi connectivity index (χ3v) is 5.94. The lowest BCUT2D eigenvalue weighted by Crippen LogP contribution is -2.43. The molecule has 4 rings (SSSR count). The van der Waals surface area contributed by atoms with Crippen LogP contribution in [-0.4, -0.2) is 55.5 Å². The van der Waals surface area contributed by atoms with Gasteiger partial charge < -0.3 is 14.6 Å². The van der Waals surface area contributed by atoms with Crippen LogP contribution in [0.2, 0.25) is 0 Å². The van der Waals surface area contributed by atoms with Crippen molar-refractivity contribution in [2.45, 2.75) is 31.3 Å². The van der Waals surface area contributed by atoms with Gasteiger partial charge in [-0.15, -0.1) is 0 Å². The quantitative estimate of drug-likeness (QED) is 0.836. The zero-order chi connectivity index (χ0) is 20.5. The van der Waals surface area contributed by atoms with Crippen LogP contribution in [0.5, 0.6) is 11.5 Å². The molecule has 6 nitrogen and oxygen atoms in total. The fraction of sp³-hybridized carbons (Fsp3) is 0.391. The first-order chi connectivity index (χ1) is 14.0. The highest BCUT2D eigenvalue weighted by atomic mass is 16.5. The number of rotatable bonds is 5. The van der Waals surface area contributed by atoms with E-state index in [1.54, 1.807) is 19.2 Å². The molecule has 2 aliphatic heterocycles. The standard InChI is InChI=1S/C23H26N2O4/c1-4-29-20-12-17-16(11-19(20)28-3)13-24-18-9-10-25(2)22(21(17)18)14-5-7-15(8-6-14)23(26)27/h5-8,11-13,18,21-22H,4,9-10H2,1-3H3,(H,26,27)/t18-,21-,22?/m1/s1. The Morgan fingerprint density at radius 2 is 2.00 bits per heavy atom. The molecule has 0 aliphatic carbocycles. The molecule has 0 amide bonds. The Kier molecular flexibility index (Phi) is 5.28. The number of carboxylic acids is 1. The van der Waals surface area contributed by atoms with E-state index in [-0.39, 0.29) is 18.0 Å². The number of piperidine rings is 1. The maximum atomic E-state index is 11.2. The van der Waals surface area contributed by atoms with Crippen molar-refractivity contribution in [2.75, 3.05) is 27.3 Å².